The molecule has 2 amide bonds. The first-order valence-electron chi connectivity index (χ1n) is 8.13. The summed E-state index contributed by atoms with van der Waals surface area (Å²) < 4.78 is 5.19. The Labute approximate surface area is 136 Å². The molecule has 0 aliphatic carbocycles. The van der Waals surface area contributed by atoms with Gasteiger partial charge >= 0.3 is 0 Å². The summed E-state index contributed by atoms with van der Waals surface area (Å²) >= 11 is 0. The topological polar surface area (TPSA) is 88.3 Å². The molecule has 128 valence electrons. The van der Waals surface area contributed by atoms with Crippen molar-refractivity contribution >= 4 is 11.8 Å². The summed E-state index contributed by atoms with van der Waals surface area (Å²) in [5.74, 6) is 1.24. The summed E-state index contributed by atoms with van der Waals surface area (Å²) in [6, 6.07) is 0.144. The van der Waals surface area contributed by atoms with Gasteiger partial charge in [-0.15, -0.1) is 0 Å². The van der Waals surface area contributed by atoms with Gasteiger partial charge in [0.2, 0.25) is 17.7 Å². The predicted octanol–water partition coefficient (Wildman–Crippen LogP) is 1.43. The second-order valence-corrected chi connectivity index (χ2v) is 7.11. The van der Waals surface area contributed by atoms with Gasteiger partial charge in [-0.25, -0.2) is 0 Å². The summed E-state index contributed by atoms with van der Waals surface area (Å²) in [5.41, 5.74) is -0.158. The third-order valence-corrected chi connectivity index (χ3v) is 4.01. The van der Waals surface area contributed by atoms with E-state index in [1.165, 1.54) is 0 Å². The molecule has 0 saturated carbocycles. The van der Waals surface area contributed by atoms with Crippen molar-refractivity contribution in [2.75, 3.05) is 13.1 Å². The fourth-order valence-corrected chi connectivity index (χ4v) is 2.52. The largest absolute Gasteiger partial charge is 0.353 e. The first kappa shape index (κ1) is 17.4. The second kappa shape index (κ2) is 7.10. The van der Waals surface area contributed by atoms with Crippen molar-refractivity contribution in [1.82, 2.24) is 20.4 Å². The van der Waals surface area contributed by atoms with Crippen LogP contribution in [0.5, 0.6) is 0 Å². The third-order valence-electron chi connectivity index (χ3n) is 4.01. The number of aromatic nitrogens is 2. The van der Waals surface area contributed by atoms with E-state index in [2.05, 4.69) is 15.5 Å². The van der Waals surface area contributed by atoms with Crippen LogP contribution in [0.4, 0.5) is 0 Å². The van der Waals surface area contributed by atoms with Crippen molar-refractivity contribution in [3.8, 4) is 0 Å². The average molecular weight is 322 g/mol. The van der Waals surface area contributed by atoms with Gasteiger partial charge in [0.05, 0.1) is 0 Å². The lowest BCUT2D eigenvalue weighted by Crippen LogP contribution is -2.46. The smallest absolute Gasteiger partial charge is 0.227 e. The number of hydrogen-bond donors (Lipinski definition) is 1. The molecule has 2 rings (SSSR count). The summed E-state index contributed by atoms with van der Waals surface area (Å²) in [4.78, 5) is 29.4. The Morgan fingerprint density at radius 2 is 1.96 bits per heavy atom. The predicted molar refractivity (Wildman–Crippen MR) is 84.7 cm³/mol. The van der Waals surface area contributed by atoms with Gasteiger partial charge in [0, 0.05) is 44.3 Å². The van der Waals surface area contributed by atoms with Crippen molar-refractivity contribution in [1.29, 1.82) is 0 Å². The number of piperidine rings is 1. The Bertz CT molecular complexity index is 554. The number of rotatable bonds is 4. The molecule has 1 aliphatic heterocycles. The lowest BCUT2D eigenvalue weighted by atomic mass is 9.96. The van der Waals surface area contributed by atoms with Crippen molar-refractivity contribution in [3.05, 3.63) is 11.7 Å². The van der Waals surface area contributed by atoms with E-state index in [4.69, 9.17) is 4.52 Å². The molecular weight excluding hydrogens is 296 g/mol. The summed E-state index contributed by atoms with van der Waals surface area (Å²) in [6.45, 7) is 9.04. The highest BCUT2D eigenvalue weighted by molar-refractivity contribution is 5.76. The molecular formula is C16H26N4O3. The number of nitrogens with zero attached hydrogens (tertiary/aromatic N) is 3. The van der Waals surface area contributed by atoms with Crippen LogP contribution in [-0.2, 0) is 21.4 Å². The highest BCUT2D eigenvalue weighted by Gasteiger charge is 2.23. The highest BCUT2D eigenvalue weighted by atomic mass is 16.5. The first-order chi connectivity index (χ1) is 10.8. The van der Waals surface area contributed by atoms with Crippen LogP contribution in [0.1, 0.15) is 58.7 Å². The van der Waals surface area contributed by atoms with Crippen molar-refractivity contribution in [3.63, 3.8) is 0 Å². The number of carbonyl (C=O) groups excluding carboxylic acids is 2. The highest BCUT2D eigenvalue weighted by Crippen LogP contribution is 2.18. The standard InChI is InChI=1S/C16H26N4O3/c1-11(21)20-9-7-12(8-10-20)17-13(22)5-6-14-18-15(19-23-14)16(2,3)4/h12H,5-10H2,1-4H3,(H,17,22). The molecule has 1 saturated heterocycles. The second-order valence-electron chi connectivity index (χ2n) is 7.11. The lowest BCUT2D eigenvalue weighted by Gasteiger charge is -2.31. The van der Waals surface area contributed by atoms with Crippen LogP contribution in [0.25, 0.3) is 0 Å². The molecule has 0 spiro atoms. The zero-order chi connectivity index (χ0) is 17.0. The van der Waals surface area contributed by atoms with Crippen molar-refractivity contribution in [2.24, 2.45) is 0 Å². The van der Waals surface area contributed by atoms with Gasteiger partial charge in [0.1, 0.15) is 0 Å². The van der Waals surface area contributed by atoms with Crippen LogP contribution in [0.2, 0.25) is 0 Å². The van der Waals surface area contributed by atoms with Crippen LogP contribution in [0.15, 0.2) is 4.52 Å². The average Bonchev–Trinajstić information content (AvgIpc) is 2.95. The molecule has 0 atom stereocenters. The minimum absolute atomic E-state index is 0.0122. The van der Waals surface area contributed by atoms with Crippen LogP contribution in [-0.4, -0.2) is 46.0 Å². The normalized spacial score (nSPS) is 16.4. The molecule has 1 aliphatic rings. The Balaban J connectivity index is 1.73. The van der Waals surface area contributed by atoms with Gasteiger partial charge in [0.25, 0.3) is 0 Å². The number of carbonyl (C=O) groups is 2. The Morgan fingerprint density at radius 3 is 2.48 bits per heavy atom. The molecule has 1 aromatic heterocycles. The Hall–Kier alpha value is -1.92. The van der Waals surface area contributed by atoms with E-state index in [0.717, 1.165) is 12.8 Å². The number of likely N-dealkylation sites (tertiary alicyclic amines) is 1. The number of aryl methyl sites for hydroxylation is 1. The van der Waals surface area contributed by atoms with Gasteiger partial charge in [-0.05, 0) is 12.8 Å². The molecule has 7 heteroatoms. The molecule has 1 fully saturated rings. The number of nitrogens with one attached hydrogen (secondary N) is 1. The Kier molecular flexibility index (Phi) is 5.38. The maximum atomic E-state index is 12.0. The zero-order valence-corrected chi connectivity index (χ0v) is 14.4. The monoisotopic (exact) mass is 322 g/mol. The number of hydrogen-bond acceptors (Lipinski definition) is 5. The van der Waals surface area contributed by atoms with E-state index in [-0.39, 0.29) is 23.3 Å². The van der Waals surface area contributed by atoms with Crippen molar-refractivity contribution < 1.29 is 14.1 Å². The summed E-state index contributed by atoms with van der Waals surface area (Å²) in [5, 5.41) is 6.97. The molecule has 0 bridgehead atoms. The molecule has 1 N–H and O–H groups in total. The van der Waals surface area contributed by atoms with Gasteiger partial charge in [-0.1, -0.05) is 25.9 Å². The first-order valence-corrected chi connectivity index (χ1v) is 8.13. The maximum absolute atomic E-state index is 12.0. The number of amides is 2. The molecule has 7 nitrogen and oxygen atoms in total. The van der Waals surface area contributed by atoms with Gasteiger partial charge < -0.3 is 14.7 Å². The van der Waals surface area contributed by atoms with E-state index in [1.807, 2.05) is 25.7 Å². The van der Waals surface area contributed by atoms with Crippen LogP contribution in [0, 0.1) is 0 Å². The Morgan fingerprint density at radius 1 is 1.30 bits per heavy atom. The molecule has 0 radical (unpaired) electrons. The minimum Gasteiger partial charge on any atom is -0.353 e. The van der Waals surface area contributed by atoms with Crippen molar-refractivity contribution in [2.45, 2.75) is 64.8 Å². The van der Waals surface area contributed by atoms with E-state index < -0.39 is 0 Å². The molecule has 1 aromatic rings. The van der Waals surface area contributed by atoms with Gasteiger partial charge in [-0.2, -0.15) is 4.98 Å². The quantitative estimate of drug-likeness (QED) is 0.906. The van der Waals surface area contributed by atoms with Crippen LogP contribution in [0.3, 0.4) is 0 Å². The van der Waals surface area contributed by atoms with Gasteiger partial charge in [-0.3, -0.25) is 9.59 Å². The zero-order valence-electron chi connectivity index (χ0n) is 14.4. The van der Waals surface area contributed by atoms with E-state index >= 15 is 0 Å². The third kappa shape index (κ3) is 5.04. The molecule has 0 aromatic carbocycles. The minimum atomic E-state index is -0.158. The molecule has 0 unspecified atom stereocenters. The summed E-state index contributed by atoms with van der Waals surface area (Å²) in [6.07, 6.45) is 2.39. The van der Waals surface area contributed by atoms with E-state index in [0.29, 0.717) is 37.6 Å². The molecule has 23 heavy (non-hydrogen) atoms. The van der Waals surface area contributed by atoms with Gasteiger partial charge in [0.15, 0.2) is 5.82 Å². The van der Waals surface area contributed by atoms with Crippen LogP contribution >= 0.6 is 0 Å². The van der Waals surface area contributed by atoms with E-state index in [9.17, 15) is 9.59 Å². The summed E-state index contributed by atoms with van der Waals surface area (Å²) in [7, 11) is 0. The lowest BCUT2D eigenvalue weighted by molar-refractivity contribution is -0.130. The SMILES string of the molecule is CC(=O)N1CCC(NC(=O)CCc2nc(C(C)(C)C)no2)CC1. The van der Waals surface area contributed by atoms with Crippen LogP contribution < -0.4 is 5.32 Å². The maximum Gasteiger partial charge on any atom is 0.227 e. The van der Waals surface area contributed by atoms with E-state index in [1.54, 1.807) is 6.92 Å². The fourth-order valence-electron chi connectivity index (χ4n) is 2.52. The fraction of sp³-hybridized carbons (Fsp3) is 0.750. The molecule has 2 heterocycles.